The van der Waals surface area contributed by atoms with Crippen LogP contribution in [0.15, 0.2) is 34.9 Å². The number of carboxylic acids is 1. The average molecular weight is 317 g/mol. The molecule has 0 saturated heterocycles. The molecule has 0 fully saturated rings. The monoisotopic (exact) mass is 317 g/mol. The summed E-state index contributed by atoms with van der Waals surface area (Å²) in [6, 6.07) is 6.64. The van der Waals surface area contributed by atoms with Crippen LogP contribution in [0, 0.1) is 6.92 Å². The minimum atomic E-state index is -1.04. The van der Waals surface area contributed by atoms with Crippen molar-refractivity contribution >= 4 is 17.6 Å². The fraction of sp³-hybridized carbons (Fsp3) is 0.294. The van der Waals surface area contributed by atoms with Crippen molar-refractivity contribution < 1.29 is 23.8 Å². The van der Waals surface area contributed by atoms with Crippen molar-refractivity contribution in [3.8, 4) is 5.75 Å². The van der Waals surface area contributed by atoms with Crippen LogP contribution in [0.1, 0.15) is 35.0 Å². The van der Waals surface area contributed by atoms with E-state index in [2.05, 4.69) is 5.32 Å². The van der Waals surface area contributed by atoms with Gasteiger partial charge in [-0.3, -0.25) is 4.79 Å². The number of carbonyl (C=O) groups excluding carboxylic acids is 1. The summed E-state index contributed by atoms with van der Waals surface area (Å²) in [6.07, 6.45) is 3.11. The number of aliphatic carboxylic acids is 1. The number of aryl methyl sites for hydroxylation is 2. The van der Waals surface area contributed by atoms with Gasteiger partial charge in [0.15, 0.2) is 6.61 Å². The molecule has 1 amide bonds. The third kappa shape index (κ3) is 4.35. The first kappa shape index (κ1) is 16.6. The van der Waals surface area contributed by atoms with Crippen LogP contribution in [0.3, 0.4) is 0 Å². The summed E-state index contributed by atoms with van der Waals surface area (Å²) in [6.45, 7) is 3.43. The van der Waals surface area contributed by atoms with Crippen molar-refractivity contribution in [2.75, 3.05) is 11.9 Å². The standard InChI is InChI=1S/C17H19NO5/c1-3-4-15-13(7-8-22-15)17(21)18-14-6-5-12(9-11(14)2)23-10-16(19)20/h5-9H,3-4,10H2,1-2H3,(H,18,21)(H,19,20). The number of carbonyl (C=O) groups is 2. The van der Waals surface area contributed by atoms with Crippen LogP contribution in [0.5, 0.6) is 5.75 Å². The van der Waals surface area contributed by atoms with E-state index in [1.165, 1.54) is 6.26 Å². The highest BCUT2D eigenvalue weighted by molar-refractivity contribution is 6.05. The molecular weight excluding hydrogens is 298 g/mol. The van der Waals surface area contributed by atoms with Gasteiger partial charge in [0, 0.05) is 12.1 Å². The van der Waals surface area contributed by atoms with Gasteiger partial charge in [-0.1, -0.05) is 6.92 Å². The average Bonchev–Trinajstić information content (AvgIpc) is 2.96. The molecule has 0 radical (unpaired) electrons. The molecule has 2 rings (SSSR count). The highest BCUT2D eigenvalue weighted by atomic mass is 16.5. The maximum absolute atomic E-state index is 12.3. The molecule has 0 bridgehead atoms. The van der Waals surface area contributed by atoms with Crippen LogP contribution in [0.4, 0.5) is 5.69 Å². The fourth-order valence-corrected chi connectivity index (χ4v) is 2.16. The van der Waals surface area contributed by atoms with E-state index in [1.807, 2.05) is 13.8 Å². The Morgan fingerprint density at radius 3 is 2.74 bits per heavy atom. The molecule has 0 aliphatic carbocycles. The molecule has 1 aromatic heterocycles. The quantitative estimate of drug-likeness (QED) is 0.818. The van der Waals surface area contributed by atoms with Gasteiger partial charge in [-0.05, 0) is 43.2 Å². The third-order valence-corrected chi connectivity index (χ3v) is 3.28. The number of ether oxygens (including phenoxy) is 1. The maximum atomic E-state index is 12.3. The predicted molar refractivity (Wildman–Crippen MR) is 85.0 cm³/mol. The van der Waals surface area contributed by atoms with Crippen molar-refractivity contribution in [1.29, 1.82) is 0 Å². The van der Waals surface area contributed by atoms with Gasteiger partial charge in [0.05, 0.1) is 11.8 Å². The Morgan fingerprint density at radius 2 is 2.09 bits per heavy atom. The lowest BCUT2D eigenvalue weighted by molar-refractivity contribution is -0.139. The van der Waals surface area contributed by atoms with Gasteiger partial charge in [-0.2, -0.15) is 0 Å². The Morgan fingerprint density at radius 1 is 1.30 bits per heavy atom. The number of rotatable bonds is 7. The molecular formula is C17H19NO5. The molecule has 0 aliphatic heterocycles. The summed E-state index contributed by atoms with van der Waals surface area (Å²) in [7, 11) is 0. The maximum Gasteiger partial charge on any atom is 0.341 e. The van der Waals surface area contributed by atoms with Gasteiger partial charge >= 0.3 is 5.97 Å². The molecule has 1 heterocycles. The second-order valence-corrected chi connectivity index (χ2v) is 5.12. The Balaban J connectivity index is 2.09. The zero-order chi connectivity index (χ0) is 16.8. The van der Waals surface area contributed by atoms with E-state index in [4.69, 9.17) is 14.3 Å². The Kier molecular flexibility index (Phi) is 5.41. The molecule has 0 atom stereocenters. The van der Waals surface area contributed by atoms with Crippen LogP contribution in [0.2, 0.25) is 0 Å². The number of anilines is 1. The van der Waals surface area contributed by atoms with Crippen LogP contribution in [0.25, 0.3) is 0 Å². The Hall–Kier alpha value is -2.76. The third-order valence-electron chi connectivity index (χ3n) is 3.28. The molecule has 6 heteroatoms. The number of amides is 1. The summed E-state index contributed by atoms with van der Waals surface area (Å²) in [5, 5.41) is 11.4. The number of nitrogens with one attached hydrogen (secondary N) is 1. The van der Waals surface area contributed by atoms with E-state index in [9.17, 15) is 9.59 Å². The van der Waals surface area contributed by atoms with Gasteiger partial charge in [0.2, 0.25) is 0 Å². The second-order valence-electron chi connectivity index (χ2n) is 5.12. The molecule has 122 valence electrons. The number of carboxylic acid groups (broad SMARTS) is 1. The molecule has 0 aliphatic rings. The number of benzene rings is 1. The van der Waals surface area contributed by atoms with Crippen molar-refractivity contribution in [1.82, 2.24) is 0 Å². The van der Waals surface area contributed by atoms with E-state index < -0.39 is 12.6 Å². The van der Waals surface area contributed by atoms with Crippen LogP contribution >= 0.6 is 0 Å². The van der Waals surface area contributed by atoms with Gasteiger partial charge in [0.1, 0.15) is 11.5 Å². The summed E-state index contributed by atoms with van der Waals surface area (Å²) < 4.78 is 10.4. The molecule has 0 spiro atoms. The first-order valence-electron chi connectivity index (χ1n) is 7.34. The highest BCUT2D eigenvalue weighted by Gasteiger charge is 2.15. The minimum Gasteiger partial charge on any atom is -0.482 e. The molecule has 0 unspecified atom stereocenters. The van der Waals surface area contributed by atoms with Crippen molar-refractivity contribution in [3.05, 3.63) is 47.4 Å². The van der Waals surface area contributed by atoms with Gasteiger partial charge in [-0.15, -0.1) is 0 Å². The van der Waals surface area contributed by atoms with Crippen LogP contribution < -0.4 is 10.1 Å². The minimum absolute atomic E-state index is 0.232. The lowest BCUT2D eigenvalue weighted by Gasteiger charge is -2.10. The second kappa shape index (κ2) is 7.49. The topological polar surface area (TPSA) is 88.8 Å². The molecule has 0 saturated carbocycles. The molecule has 6 nitrogen and oxygen atoms in total. The Labute approximate surface area is 134 Å². The summed E-state index contributed by atoms with van der Waals surface area (Å²) in [4.78, 5) is 22.8. The van der Waals surface area contributed by atoms with Crippen molar-refractivity contribution in [3.63, 3.8) is 0 Å². The zero-order valence-electron chi connectivity index (χ0n) is 13.1. The lowest BCUT2D eigenvalue weighted by Crippen LogP contribution is -2.14. The molecule has 23 heavy (non-hydrogen) atoms. The van der Waals surface area contributed by atoms with E-state index >= 15 is 0 Å². The first-order chi connectivity index (χ1) is 11.0. The highest BCUT2D eigenvalue weighted by Crippen LogP contribution is 2.23. The Bertz CT molecular complexity index is 705. The SMILES string of the molecule is CCCc1occc1C(=O)Nc1ccc(OCC(=O)O)cc1C. The summed E-state index contributed by atoms with van der Waals surface area (Å²) in [5.74, 6) is -0.158. The smallest absolute Gasteiger partial charge is 0.341 e. The largest absolute Gasteiger partial charge is 0.482 e. The zero-order valence-corrected chi connectivity index (χ0v) is 13.1. The normalized spacial score (nSPS) is 10.3. The van der Waals surface area contributed by atoms with Gasteiger partial charge in [0.25, 0.3) is 5.91 Å². The fourth-order valence-electron chi connectivity index (χ4n) is 2.16. The number of hydrogen-bond donors (Lipinski definition) is 2. The van der Waals surface area contributed by atoms with E-state index in [0.717, 1.165) is 12.0 Å². The lowest BCUT2D eigenvalue weighted by atomic mass is 10.1. The molecule has 2 aromatic rings. The van der Waals surface area contributed by atoms with Crippen molar-refractivity contribution in [2.45, 2.75) is 26.7 Å². The number of hydrogen-bond acceptors (Lipinski definition) is 4. The first-order valence-corrected chi connectivity index (χ1v) is 7.34. The van der Waals surface area contributed by atoms with E-state index in [1.54, 1.807) is 24.3 Å². The van der Waals surface area contributed by atoms with Gasteiger partial charge < -0.3 is 19.6 Å². The molecule has 1 aromatic carbocycles. The van der Waals surface area contributed by atoms with E-state index in [-0.39, 0.29) is 5.91 Å². The molecule has 2 N–H and O–H groups in total. The van der Waals surface area contributed by atoms with Crippen molar-refractivity contribution in [2.24, 2.45) is 0 Å². The summed E-state index contributed by atoms with van der Waals surface area (Å²) >= 11 is 0. The number of furan rings is 1. The predicted octanol–water partition coefficient (Wildman–Crippen LogP) is 3.26. The van der Waals surface area contributed by atoms with E-state index in [0.29, 0.717) is 29.2 Å². The van der Waals surface area contributed by atoms with Crippen LogP contribution in [-0.4, -0.2) is 23.6 Å². The van der Waals surface area contributed by atoms with Crippen LogP contribution in [-0.2, 0) is 11.2 Å². The van der Waals surface area contributed by atoms with Gasteiger partial charge in [-0.25, -0.2) is 4.79 Å². The summed E-state index contributed by atoms with van der Waals surface area (Å²) in [5.41, 5.74) is 1.94.